The van der Waals surface area contributed by atoms with E-state index in [0.29, 0.717) is 23.9 Å². The van der Waals surface area contributed by atoms with Gasteiger partial charge in [0.2, 0.25) is 0 Å². The van der Waals surface area contributed by atoms with E-state index in [0.717, 1.165) is 17.9 Å². The molecule has 0 amide bonds. The number of hydrogen-bond acceptors (Lipinski definition) is 3. The fourth-order valence-corrected chi connectivity index (χ4v) is 1.94. The van der Waals surface area contributed by atoms with E-state index in [2.05, 4.69) is 4.98 Å². The van der Waals surface area contributed by atoms with Crippen LogP contribution in [0.2, 0.25) is 5.02 Å². The maximum absolute atomic E-state index is 6.10. The summed E-state index contributed by atoms with van der Waals surface area (Å²) in [5, 5.41) is 0.598. The highest BCUT2D eigenvalue weighted by atomic mass is 35.5. The third kappa shape index (κ3) is 3.03. The van der Waals surface area contributed by atoms with Crippen molar-refractivity contribution in [3.63, 3.8) is 0 Å². The summed E-state index contributed by atoms with van der Waals surface area (Å²) < 4.78 is 7.67. The number of halogens is 1. The first-order chi connectivity index (χ1) is 8.70. The first-order valence-corrected chi connectivity index (χ1v) is 6.17. The molecule has 5 heteroatoms. The normalized spacial score (nSPS) is 10.6. The molecular formula is C13H16ClN3O. The predicted molar refractivity (Wildman–Crippen MR) is 71.8 cm³/mol. The molecule has 0 radical (unpaired) electrons. The Morgan fingerprint density at radius 1 is 1.44 bits per heavy atom. The van der Waals surface area contributed by atoms with Gasteiger partial charge in [0.25, 0.3) is 0 Å². The smallest absolute Gasteiger partial charge is 0.137 e. The van der Waals surface area contributed by atoms with Crippen molar-refractivity contribution in [2.24, 2.45) is 5.73 Å². The van der Waals surface area contributed by atoms with Crippen LogP contribution in [0.4, 0.5) is 0 Å². The molecule has 2 rings (SSSR count). The second-order valence-electron chi connectivity index (χ2n) is 3.99. The quantitative estimate of drug-likeness (QED) is 0.903. The lowest BCUT2D eigenvalue weighted by molar-refractivity contribution is 0.297. The number of nitrogens with two attached hydrogens (primary N) is 1. The van der Waals surface area contributed by atoms with E-state index in [4.69, 9.17) is 22.1 Å². The minimum absolute atomic E-state index is 0.480. The Kier molecular flexibility index (Phi) is 4.23. The molecule has 1 heterocycles. The molecule has 0 fully saturated rings. The first kappa shape index (κ1) is 12.9. The third-order valence-corrected chi connectivity index (χ3v) is 3.04. The average Bonchev–Trinajstić information content (AvgIpc) is 2.77. The molecule has 0 saturated heterocycles. The zero-order valence-electron chi connectivity index (χ0n) is 10.3. The van der Waals surface area contributed by atoms with Crippen LogP contribution in [0.3, 0.4) is 0 Å². The van der Waals surface area contributed by atoms with Crippen LogP contribution in [-0.2, 0) is 13.1 Å². The van der Waals surface area contributed by atoms with Crippen LogP contribution in [0.5, 0.6) is 5.75 Å². The Morgan fingerprint density at radius 2 is 2.28 bits per heavy atom. The molecule has 18 heavy (non-hydrogen) atoms. The van der Waals surface area contributed by atoms with Gasteiger partial charge in [-0.05, 0) is 24.6 Å². The van der Waals surface area contributed by atoms with Gasteiger partial charge in [0.1, 0.15) is 18.2 Å². The number of benzene rings is 1. The SMILES string of the molecule is Cc1nccn1CCOc1ccc(CN)cc1Cl. The molecule has 96 valence electrons. The number of imidazole rings is 1. The minimum Gasteiger partial charge on any atom is -0.490 e. The predicted octanol–water partition coefficient (Wildman–Crippen LogP) is 2.38. The zero-order valence-corrected chi connectivity index (χ0v) is 11.0. The Labute approximate surface area is 111 Å². The van der Waals surface area contributed by atoms with Crippen molar-refractivity contribution in [2.75, 3.05) is 6.61 Å². The lowest BCUT2D eigenvalue weighted by Gasteiger charge is -2.10. The summed E-state index contributed by atoms with van der Waals surface area (Å²) >= 11 is 6.10. The van der Waals surface area contributed by atoms with Gasteiger partial charge in [-0.2, -0.15) is 0 Å². The van der Waals surface area contributed by atoms with Gasteiger partial charge in [0.05, 0.1) is 11.6 Å². The highest BCUT2D eigenvalue weighted by molar-refractivity contribution is 6.32. The van der Waals surface area contributed by atoms with Crippen LogP contribution in [0, 0.1) is 6.92 Å². The third-order valence-electron chi connectivity index (χ3n) is 2.75. The molecule has 0 spiro atoms. The van der Waals surface area contributed by atoms with E-state index in [-0.39, 0.29) is 0 Å². The molecule has 0 bridgehead atoms. The van der Waals surface area contributed by atoms with Crippen molar-refractivity contribution in [3.05, 3.63) is 47.0 Å². The van der Waals surface area contributed by atoms with Crippen LogP contribution < -0.4 is 10.5 Å². The van der Waals surface area contributed by atoms with Crippen molar-refractivity contribution in [1.29, 1.82) is 0 Å². The molecule has 1 aromatic carbocycles. The molecule has 0 aliphatic carbocycles. The van der Waals surface area contributed by atoms with Gasteiger partial charge < -0.3 is 15.0 Å². The average molecular weight is 266 g/mol. The fourth-order valence-electron chi connectivity index (χ4n) is 1.68. The zero-order chi connectivity index (χ0) is 13.0. The molecule has 0 aliphatic rings. The van der Waals surface area contributed by atoms with Crippen molar-refractivity contribution in [3.8, 4) is 5.75 Å². The second kappa shape index (κ2) is 5.89. The lowest BCUT2D eigenvalue weighted by Crippen LogP contribution is -2.09. The number of rotatable bonds is 5. The Hall–Kier alpha value is -1.52. The molecule has 0 saturated carbocycles. The summed E-state index contributed by atoms with van der Waals surface area (Å²) in [6.45, 7) is 3.75. The number of aromatic nitrogens is 2. The van der Waals surface area contributed by atoms with Gasteiger partial charge in [-0.25, -0.2) is 4.98 Å². The van der Waals surface area contributed by atoms with E-state index in [1.807, 2.05) is 35.9 Å². The molecule has 0 aliphatic heterocycles. The first-order valence-electron chi connectivity index (χ1n) is 5.79. The maximum atomic E-state index is 6.10. The van der Waals surface area contributed by atoms with E-state index < -0.39 is 0 Å². The van der Waals surface area contributed by atoms with Gasteiger partial charge in [0.15, 0.2) is 0 Å². The molecular weight excluding hydrogens is 250 g/mol. The fraction of sp³-hybridized carbons (Fsp3) is 0.308. The van der Waals surface area contributed by atoms with Crippen molar-refractivity contribution < 1.29 is 4.74 Å². The summed E-state index contributed by atoms with van der Waals surface area (Å²) in [7, 11) is 0. The van der Waals surface area contributed by atoms with Crippen molar-refractivity contribution in [2.45, 2.75) is 20.0 Å². The van der Waals surface area contributed by atoms with E-state index in [1.54, 1.807) is 6.20 Å². The summed E-state index contributed by atoms with van der Waals surface area (Å²) in [5.74, 6) is 1.66. The summed E-state index contributed by atoms with van der Waals surface area (Å²) in [6.07, 6.45) is 3.70. The topological polar surface area (TPSA) is 53.1 Å². The molecule has 2 aromatic rings. The number of aryl methyl sites for hydroxylation is 1. The highest BCUT2D eigenvalue weighted by Crippen LogP contribution is 2.25. The maximum Gasteiger partial charge on any atom is 0.137 e. The second-order valence-corrected chi connectivity index (χ2v) is 4.39. The molecule has 4 nitrogen and oxygen atoms in total. The standard InChI is InChI=1S/C13H16ClN3O/c1-10-16-4-5-17(10)6-7-18-13-3-2-11(9-15)8-12(13)14/h2-5,8H,6-7,9,15H2,1H3. The van der Waals surface area contributed by atoms with E-state index in [1.165, 1.54) is 0 Å². The number of hydrogen-bond donors (Lipinski definition) is 1. The largest absolute Gasteiger partial charge is 0.490 e. The lowest BCUT2D eigenvalue weighted by atomic mass is 10.2. The van der Waals surface area contributed by atoms with Crippen LogP contribution in [-0.4, -0.2) is 16.2 Å². The van der Waals surface area contributed by atoms with E-state index >= 15 is 0 Å². The van der Waals surface area contributed by atoms with Crippen LogP contribution in [0.25, 0.3) is 0 Å². The van der Waals surface area contributed by atoms with E-state index in [9.17, 15) is 0 Å². The Bertz CT molecular complexity index is 525. The molecule has 2 N–H and O–H groups in total. The molecule has 0 atom stereocenters. The number of nitrogens with zero attached hydrogens (tertiary/aromatic N) is 2. The van der Waals surface area contributed by atoms with Gasteiger partial charge in [-0.15, -0.1) is 0 Å². The Balaban J connectivity index is 1.92. The van der Waals surface area contributed by atoms with Crippen LogP contribution >= 0.6 is 11.6 Å². The van der Waals surface area contributed by atoms with Gasteiger partial charge in [-0.1, -0.05) is 17.7 Å². The molecule has 1 aromatic heterocycles. The monoisotopic (exact) mass is 265 g/mol. The van der Waals surface area contributed by atoms with Crippen molar-refractivity contribution >= 4 is 11.6 Å². The van der Waals surface area contributed by atoms with Gasteiger partial charge >= 0.3 is 0 Å². The summed E-state index contributed by atoms with van der Waals surface area (Å²) in [5.41, 5.74) is 6.54. The molecule has 0 unspecified atom stereocenters. The van der Waals surface area contributed by atoms with Crippen molar-refractivity contribution in [1.82, 2.24) is 9.55 Å². The summed E-state index contributed by atoms with van der Waals surface area (Å²) in [6, 6.07) is 5.61. The van der Waals surface area contributed by atoms with Gasteiger partial charge in [0, 0.05) is 18.9 Å². The van der Waals surface area contributed by atoms with Crippen LogP contribution in [0.15, 0.2) is 30.6 Å². The van der Waals surface area contributed by atoms with Gasteiger partial charge in [-0.3, -0.25) is 0 Å². The Morgan fingerprint density at radius 3 is 2.89 bits per heavy atom. The minimum atomic E-state index is 0.480. The number of ether oxygens (including phenoxy) is 1. The summed E-state index contributed by atoms with van der Waals surface area (Å²) in [4.78, 5) is 4.15. The highest BCUT2D eigenvalue weighted by Gasteiger charge is 2.03. The van der Waals surface area contributed by atoms with Crippen LogP contribution in [0.1, 0.15) is 11.4 Å².